The maximum absolute atomic E-state index is 3.49. The Kier molecular flexibility index (Phi) is 4.28. The second-order valence-electron chi connectivity index (χ2n) is 4.52. The Bertz CT molecular complexity index is 314. The van der Waals surface area contributed by atoms with Gasteiger partial charge in [0.2, 0.25) is 0 Å². The molecule has 0 heterocycles. The number of nitrogens with zero attached hydrogens (tertiary/aromatic N) is 1. The van der Waals surface area contributed by atoms with Crippen molar-refractivity contribution in [2.75, 3.05) is 11.4 Å². The van der Waals surface area contributed by atoms with Crippen LogP contribution in [0.4, 0.5) is 5.69 Å². The zero-order valence-corrected chi connectivity index (χ0v) is 11.5. The molecule has 0 aliphatic heterocycles. The van der Waals surface area contributed by atoms with Gasteiger partial charge in [0.1, 0.15) is 0 Å². The van der Waals surface area contributed by atoms with Gasteiger partial charge in [-0.3, -0.25) is 0 Å². The van der Waals surface area contributed by atoms with E-state index in [9.17, 15) is 0 Å². The highest BCUT2D eigenvalue weighted by Crippen LogP contribution is 2.28. The molecule has 16 heavy (non-hydrogen) atoms. The van der Waals surface area contributed by atoms with Crippen LogP contribution in [0.2, 0.25) is 0 Å². The fraction of sp³-hybridized carbons (Fsp3) is 0.571. The van der Waals surface area contributed by atoms with E-state index in [1.54, 1.807) is 0 Å². The lowest BCUT2D eigenvalue weighted by molar-refractivity contribution is 0.620. The normalized spacial score (nSPS) is 16.6. The van der Waals surface area contributed by atoms with E-state index >= 15 is 0 Å². The minimum Gasteiger partial charge on any atom is -0.369 e. The van der Waals surface area contributed by atoms with Crippen LogP contribution in [0.1, 0.15) is 38.2 Å². The summed E-state index contributed by atoms with van der Waals surface area (Å²) >= 11 is 3.49. The summed E-state index contributed by atoms with van der Waals surface area (Å²) in [6, 6.07) is 9.75. The summed E-state index contributed by atoms with van der Waals surface area (Å²) in [5.74, 6) is 0. The van der Waals surface area contributed by atoms with E-state index in [0.717, 1.165) is 17.9 Å². The third kappa shape index (κ3) is 2.60. The molecule has 0 unspecified atom stereocenters. The first-order valence-electron chi connectivity index (χ1n) is 6.26. The molecule has 1 nitrogen and oxygen atoms in total. The van der Waals surface area contributed by atoms with Crippen LogP contribution in [0, 0.1) is 0 Å². The molecule has 0 N–H and O–H groups in total. The van der Waals surface area contributed by atoms with E-state index in [2.05, 4.69) is 52.0 Å². The molecule has 0 spiro atoms. The molecule has 1 fully saturated rings. The highest BCUT2D eigenvalue weighted by Gasteiger charge is 2.21. The molecule has 0 aromatic heterocycles. The Hall–Kier alpha value is -0.500. The van der Waals surface area contributed by atoms with Crippen LogP contribution in [-0.4, -0.2) is 12.6 Å². The second-order valence-corrected chi connectivity index (χ2v) is 5.09. The number of benzene rings is 1. The van der Waals surface area contributed by atoms with Gasteiger partial charge < -0.3 is 4.90 Å². The molecule has 1 aliphatic carbocycles. The predicted molar refractivity (Wildman–Crippen MR) is 74.3 cm³/mol. The van der Waals surface area contributed by atoms with Gasteiger partial charge in [0, 0.05) is 23.6 Å². The summed E-state index contributed by atoms with van der Waals surface area (Å²) in [7, 11) is 0. The first kappa shape index (κ1) is 12.0. The van der Waals surface area contributed by atoms with E-state index in [4.69, 9.17) is 0 Å². The van der Waals surface area contributed by atoms with Crippen LogP contribution in [0.15, 0.2) is 24.3 Å². The molecule has 0 saturated heterocycles. The highest BCUT2D eigenvalue weighted by atomic mass is 79.9. The molecule has 0 atom stereocenters. The number of hydrogen-bond acceptors (Lipinski definition) is 1. The van der Waals surface area contributed by atoms with Gasteiger partial charge in [0.15, 0.2) is 0 Å². The van der Waals surface area contributed by atoms with Crippen LogP contribution in [0.25, 0.3) is 0 Å². The Morgan fingerprint density at radius 3 is 2.31 bits per heavy atom. The van der Waals surface area contributed by atoms with E-state index in [-0.39, 0.29) is 0 Å². The quantitative estimate of drug-likeness (QED) is 0.742. The van der Waals surface area contributed by atoms with Gasteiger partial charge in [-0.2, -0.15) is 0 Å². The average molecular weight is 282 g/mol. The minimum atomic E-state index is 0.778. The van der Waals surface area contributed by atoms with Crippen molar-refractivity contribution in [3.63, 3.8) is 0 Å². The maximum Gasteiger partial charge on any atom is 0.0368 e. The molecule has 2 rings (SSSR count). The van der Waals surface area contributed by atoms with Crippen molar-refractivity contribution >= 4 is 21.6 Å². The molecule has 0 radical (unpaired) electrons. The maximum atomic E-state index is 3.49. The zero-order chi connectivity index (χ0) is 11.4. The molecule has 2 heteroatoms. The Labute approximate surface area is 107 Å². The summed E-state index contributed by atoms with van der Waals surface area (Å²) in [5.41, 5.74) is 2.74. The lowest BCUT2D eigenvalue weighted by atomic mass is 10.1. The van der Waals surface area contributed by atoms with E-state index in [1.807, 2.05) is 0 Å². The van der Waals surface area contributed by atoms with Crippen LogP contribution in [0.3, 0.4) is 0 Å². The second kappa shape index (κ2) is 5.72. The summed E-state index contributed by atoms with van der Waals surface area (Å²) < 4.78 is 0. The topological polar surface area (TPSA) is 3.24 Å². The smallest absolute Gasteiger partial charge is 0.0368 e. The van der Waals surface area contributed by atoms with Crippen LogP contribution < -0.4 is 4.90 Å². The van der Waals surface area contributed by atoms with Crippen molar-refractivity contribution in [1.82, 2.24) is 0 Å². The number of halogens is 1. The molecular formula is C14H20BrN. The first-order valence-corrected chi connectivity index (χ1v) is 7.39. The summed E-state index contributed by atoms with van der Waals surface area (Å²) in [6.07, 6.45) is 5.55. The number of anilines is 1. The third-order valence-electron chi connectivity index (χ3n) is 3.53. The van der Waals surface area contributed by atoms with Gasteiger partial charge in [-0.15, -0.1) is 0 Å². The van der Waals surface area contributed by atoms with Crippen molar-refractivity contribution in [3.8, 4) is 0 Å². The number of alkyl halides is 1. The van der Waals surface area contributed by atoms with Gasteiger partial charge in [-0.25, -0.2) is 0 Å². The Morgan fingerprint density at radius 2 is 1.81 bits per heavy atom. The van der Waals surface area contributed by atoms with Crippen LogP contribution in [0.5, 0.6) is 0 Å². The zero-order valence-electron chi connectivity index (χ0n) is 9.95. The summed E-state index contributed by atoms with van der Waals surface area (Å²) in [4.78, 5) is 2.56. The first-order chi connectivity index (χ1) is 7.85. The molecular weight excluding hydrogens is 262 g/mol. The van der Waals surface area contributed by atoms with Crippen LogP contribution >= 0.6 is 15.9 Å². The van der Waals surface area contributed by atoms with Gasteiger partial charge >= 0.3 is 0 Å². The lowest BCUT2D eigenvalue weighted by Gasteiger charge is -2.30. The van der Waals surface area contributed by atoms with Gasteiger partial charge in [-0.1, -0.05) is 40.9 Å². The molecule has 1 aromatic rings. The van der Waals surface area contributed by atoms with E-state index in [1.165, 1.54) is 36.9 Å². The summed E-state index contributed by atoms with van der Waals surface area (Å²) in [5, 5.41) is 0.947. The van der Waals surface area contributed by atoms with Gasteiger partial charge in [0.05, 0.1) is 0 Å². The summed E-state index contributed by atoms with van der Waals surface area (Å²) in [6.45, 7) is 3.38. The molecule has 0 bridgehead atoms. The minimum absolute atomic E-state index is 0.778. The van der Waals surface area contributed by atoms with Crippen molar-refractivity contribution in [2.24, 2.45) is 0 Å². The largest absolute Gasteiger partial charge is 0.369 e. The Balaban J connectivity index is 2.12. The molecule has 88 valence electrons. The van der Waals surface area contributed by atoms with Crippen molar-refractivity contribution in [2.45, 2.75) is 44.0 Å². The third-order valence-corrected chi connectivity index (χ3v) is 4.18. The molecule has 1 aromatic carbocycles. The number of hydrogen-bond donors (Lipinski definition) is 0. The van der Waals surface area contributed by atoms with E-state index in [0.29, 0.717) is 0 Å². The highest BCUT2D eigenvalue weighted by molar-refractivity contribution is 9.08. The van der Waals surface area contributed by atoms with Crippen molar-refractivity contribution < 1.29 is 0 Å². The van der Waals surface area contributed by atoms with Crippen molar-refractivity contribution in [1.29, 1.82) is 0 Å². The lowest BCUT2D eigenvalue weighted by Crippen LogP contribution is -2.32. The predicted octanol–water partition coefficient (Wildman–Crippen LogP) is 4.35. The van der Waals surface area contributed by atoms with Crippen molar-refractivity contribution in [3.05, 3.63) is 29.8 Å². The SMILES string of the molecule is CCN(c1ccc(CBr)cc1)C1CCCC1. The van der Waals surface area contributed by atoms with Gasteiger partial charge in [0.25, 0.3) is 0 Å². The number of rotatable bonds is 4. The van der Waals surface area contributed by atoms with Gasteiger partial charge in [-0.05, 0) is 37.5 Å². The molecule has 1 saturated carbocycles. The monoisotopic (exact) mass is 281 g/mol. The fourth-order valence-electron chi connectivity index (χ4n) is 2.64. The van der Waals surface area contributed by atoms with Crippen LogP contribution in [-0.2, 0) is 5.33 Å². The average Bonchev–Trinajstić information content (AvgIpc) is 2.85. The Morgan fingerprint density at radius 1 is 1.19 bits per heavy atom. The molecule has 0 amide bonds. The van der Waals surface area contributed by atoms with E-state index < -0.39 is 0 Å². The molecule has 1 aliphatic rings. The fourth-order valence-corrected chi connectivity index (χ4v) is 3.02. The standard InChI is InChI=1S/C14H20BrN/c1-2-16(13-5-3-4-6-13)14-9-7-12(11-15)8-10-14/h7-10,13H,2-6,11H2,1H3.